The summed E-state index contributed by atoms with van der Waals surface area (Å²) in [7, 11) is 0. The molecule has 0 amide bonds. The van der Waals surface area contributed by atoms with E-state index >= 15 is 0 Å². The Kier molecular flexibility index (Phi) is 2.43. The van der Waals surface area contributed by atoms with Crippen LogP contribution in [0.4, 0.5) is 11.4 Å². The first kappa shape index (κ1) is 12.0. The highest BCUT2D eigenvalue weighted by atomic mass is 32.1. The molecular weight excluding hydrogens is 316 g/mol. The number of nitrogens with zero attached hydrogens (tertiary/aromatic N) is 4. The van der Waals surface area contributed by atoms with Crippen LogP contribution in [0.2, 0.25) is 0 Å². The third kappa shape index (κ3) is 1.53. The number of hydrogen-bond donors (Lipinski definition) is 2. The van der Waals surface area contributed by atoms with Crippen molar-refractivity contribution in [1.29, 1.82) is 0 Å². The quantitative estimate of drug-likeness (QED) is 0.504. The van der Waals surface area contributed by atoms with Gasteiger partial charge in [-0.25, -0.2) is 0 Å². The summed E-state index contributed by atoms with van der Waals surface area (Å²) >= 11 is 2.42. The van der Waals surface area contributed by atoms with E-state index in [1.807, 2.05) is 36.7 Å². The van der Waals surface area contributed by atoms with E-state index in [9.17, 15) is 0 Å². The van der Waals surface area contributed by atoms with Crippen LogP contribution in [0.15, 0.2) is 45.4 Å². The number of benzene rings is 1. The SMILES string of the molecule is c1c[nH]c(-c2c3c(c(-c4ccc[nH]4)c4nsnc24)N=S=N3)c1. The van der Waals surface area contributed by atoms with Gasteiger partial charge in [-0.3, -0.25) is 0 Å². The first-order chi connectivity index (χ1) is 10.9. The van der Waals surface area contributed by atoms with Crippen molar-refractivity contribution in [3.05, 3.63) is 36.7 Å². The number of nitrogens with one attached hydrogen (secondary N) is 2. The Bertz CT molecular complexity index is 973. The number of H-pyrrole nitrogens is 2. The van der Waals surface area contributed by atoms with Crippen molar-refractivity contribution in [3.63, 3.8) is 0 Å². The van der Waals surface area contributed by atoms with Crippen LogP contribution in [-0.4, -0.2) is 18.7 Å². The first-order valence-electron chi connectivity index (χ1n) is 6.61. The normalized spacial score (nSPS) is 12.7. The fourth-order valence-corrected chi connectivity index (χ4v) is 3.86. The Hall–Kier alpha value is -2.58. The zero-order valence-corrected chi connectivity index (χ0v) is 12.7. The molecule has 0 saturated carbocycles. The van der Waals surface area contributed by atoms with Gasteiger partial charge in [0.1, 0.15) is 22.4 Å². The van der Waals surface area contributed by atoms with Gasteiger partial charge in [0.2, 0.25) is 0 Å². The summed E-state index contributed by atoms with van der Waals surface area (Å²) in [6.45, 7) is 0. The average molecular weight is 324 g/mol. The van der Waals surface area contributed by atoms with Crippen molar-refractivity contribution in [1.82, 2.24) is 18.7 Å². The zero-order valence-electron chi connectivity index (χ0n) is 11.1. The van der Waals surface area contributed by atoms with Gasteiger partial charge in [-0.05, 0) is 24.3 Å². The maximum absolute atomic E-state index is 4.51. The summed E-state index contributed by atoms with van der Waals surface area (Å²) < 4.78 is 18.0. The second kappa shape index (κ2) is 4.46. The molecule has 0 fully saturated rings. The van der Waals surface area contributed by atoms with Crippen molar-refractivity contribution in [2.45, 2.75) is 0 Å². The number of aromatic amines is 2. The largest absolute Gasteiger partial charge is 0.361 e. The van der Waals surface area contributed by atoms with Gasteiger partial charge in [-0.15, -0.1) is 0 Å². The minimum absolute atomic E-state index is 0.859. The van der Waals surface area contributed by atoms with Crippen molar-refractivity contribution >= 4 is 45.5 Å². The molecule has 106 valence electrons. The summed E-state index contributed by atoms with van der Waals surface area (Å²) in [6.07, 6.45) is 3.79. The van der Waals surface area contributed by atoms with Gasteiger partial charge in [-0.1, -0.05) is 0 Å². The summed E-state index contributed by atoms with van der Waals surface area (Å²) in [5, 5.41) is 0. The predicted octanol–water partition coefficient (Wildman–Crippen LogP) is 4.41. The maximum Gasteiger partial charge on any atom is 0.117 e. The van der Waals surface area contributed by atoms with E-state index in [1.54, 1.807) is 0 Å². The van der Waals surface area contributed by atoms with Crippen LogP contribution in [0.1, 0.15) is 0 Å². The number of rotatable bonds is 2. The van der Waals surface area contributed by atoms with Gasteiger partial charge in [0.05, 0.1) is 34.2 Å². The van der Waals surface area contributed by atoms with Crippen molar-refractivity contribution < 1.29 is 0 Å². The molecule has 6 nitrogen and oxygen atoms in total. The molecule has 1 aromatic carbocycles. The Balaban J connectivity index is 1.97. The lowest BCUT2D eigenvalue weighted by Gasteiger charge is -2.09. The second-order valence-corrected chi connectivity index (χ2v) is 5.90. The number of hydrogen-bond acceptors (Lipinski definition) is 5. The summed E-state index contributed by atoms with van der Waals surface area (Å²) in [6, 6.07) is 7.96. The van der Waals surface area contributed by atoms with Crippen LogP contribution in [0.3, 0.4) is 0 Å². The topological polar surface area (TPSA) is 82.1 Å². The monoisotopic (exact) mass is 324 g/mol. The smallest absolute Gasteiger partial charge is 0.117 e. The Morgan fingerprint density at radius 2 is 1.32 bits per heavy atom. The van der Waals surface area contributed by atoms with E-state index in [1.165, 1.54) is 23.1 Å². The molecule has 0 radical (unpaired) electrons. The molecule has 0 spiro atoms. The lowest BCUT2D eigenvalue weighted by atomic mass is 9.99. The van der Waals surface area contributed by atoms with Crippen LogP contribution in [-0.2, 0) is 11.4 Å². The predicted molar refractivity (Wildman–Crippen MR) is 88.5 cm³/mol. The van der Waals surface area contributed by atoms with Crippen LogP contribution in [0.25, 0.3) is 33.5 Å². The Morgan fingerprint density at radius 1 is 0.773 bits per heavy atom. The minimum atomic E-state index is 0.859. The minimum Gasteiger partial charge on any atom is -0.361 e. The van der Waals surface area contributed by atoms with E-state index in [2.05, 4.69) is 27.4 Å². The molecule has 5 rings (SSSR count). The lowest BCUT2D eigenvalue weighted by molar-refractivity contribution is 1.38. The van der Waals surface area contributed by atoms with Gasteiger partial charge in [0.15, 0.2) is 0 Å². The van der Waals surface area contributed by atoms with Gasteiger partial charge in [0.25, 0.3) is 0 Å². The molecule has 1 aliphatic heterocycles. The summed E-state index contributed by atoms with van der Waals surface area (Å²) in [5.74, 6) is 0. The van der Waals surface area contributed by atoms with Crippen LogP contribution < -0.4 is 0 Å². The fraction of sp³-hybridized carbons (Fsp3) is 0. The Labute approximate surface area is 132 Å². The van der Waals surface area contributed by atoms with Gasteiger partial charge in [0, 0.05) is 23.8 Å². The molecule has 0 atom stereocenters. The molecule has 0 bridgehead atoms. The van der Waals surface area contributed by atoms with Gasteiger partial charge < -0.3 is 9.97 Å². The number of fused-ring (bicyclic) bond motifs is 2. The molecule has 4 aromatic rings. The standard InChI is InChI=1S/C14H8N6S2/c1-3-7(15-5-1)9-11-13(19-21-17-11)10(8-4-2-6-16-8)14-12(9)18-22-20-14/h1-6,15-16H. The molecule has 2 N–H and O–H groups in total. The van der Waals surface area contributed by atoms with E-state index in [4.69, 9.17) is 0 Å². The van der Waals surface area contributed by atoms with Gasteiger partial charge in [-0.2, -0.15) is 17.5 Å². The first-order valence-corrected chi connectivity index (χ1v) is 8.07. The number of aromatic nitrogens is 4. The zero-order chi connectivity index (χ0) is 14.5. The van der Waals surface area contributed by atoms with Crippen molar-refractivity contribution in [3.8, 4) is 22.5 Å². The van der Waals surface area contributed by atoms with Crippen molar-refractivity contribution in [2.24, 2.45) is 8.73 Å². The van der Waals surface area contributed by atoms with Crippen LogP contribution in [0.5, 0.6) is 0 Å². The molecule has 1 aliphatic rings. The van der Waals surface area contributed by atoms with Gasteiger partial charge >= 0.3 is 0 Å². The molecular formula is C14H8N6S2. The molecule has 0 saturated heterocycles. The molecule has 8 heteroatoms. The van der Waals surface area contributed by atoms with E-state index in [0.29, 0.717) is 0 Å². The molecule has 0 aliphatic carbocycles. The van der Waals surface area contributed by atoms with Crippen LogP contribution >= 0.6 is 11.7 Å². The molecule has 3 aromatic heterocycles. The van der Waals surface area contributed by atoms with Crippen molar-refractivity contribution in [2.75, 3.05) is 0 Å². The maximum atomic E-state index is 4.51. The van der Waals surface area contributed by atoms with Crippen LogP contribution in [0, 0.1) is 0 Å². The summed E-state index contributed by atoms with van der Waals surface area (Å²) in [5.41, 5.74) is 7.33. The second-order valence-electron chi connectivity index (χ2n) is 4.84. The highest BCUT2D eigenvalue weighted by molar-refractivity contribution is 7.58. The third-order valence-electron chi connectivity index (χ3n) is 3.66. The summed E-state index contributed by atoms with van der Waals surface area (Å²) in [4.78, 5) is 6.47. The molecule has 0 unspecified atom stereocenters. The molecule has 22 heavy (non-hydrogen) atoms. The lowest BCUT2D eigenvalue weighted by Crippen LogP contribution is -1.88. The molecule has 4 heterocycles. The van der Waals surface area contributed by atoms with E-state index in [-0.39, 0.29) is 0 Å². The Morgan fingerprint density at radius 3 is 1.77 bits per heavy atom. The fourth-order valence-electron chi connectivity index (χ4n) is 2.74. The van der Waals surface area contributed by atoms with E-state index in [0.717, 1.165) is 44.9 Å². The van der Waals surface area contributed by atoms with E-state index < -0.39 is 0 Å². The highest BCUT2D eigenvalue weighted by Gasteiger charge is 2.26. The third-order valence-corrected chi connectivity index (χ3v) is 4.72. The highest BCUT2D eigenvalue weighted by Crippen LogP contribution is 2.50. The average Bonchev–Trinajstić information content (AvgIpc) is 3.29.